The van der Waals surface area contributed by atoms with Gasteiger partial charge in [0.2, 0.25) is 0 Å². The Morgan fingerprint density at radius 3 is 3.07 bits per heavy atom. The van der Waals surface area contributed by atoms with Crippen LogP contribution in [0.5, 0.6) is 0 Å². The van der Waals surface area contributed by atoms with Crippen molar-refractivity contribution in [2.24, 2.45) is 0 Å². The summed E-state index contributed by atoms with van der Waals surface area (Å²) in [5.74, 6) is 1.80. The Bertz CT molecular complexity index is 316. The largest absolute Gasteiger partial charge is 0.391 e. The quantitative estimate of drug-likeness (QED) is 0.725. The second kappa shape index (κ2) is 3.84. The third-order valence-electron chi connectivity index (χ3n) is 2.48. The number of nitrogens with zero attached hydrogens (tertiary/aromatic N) is 2. The monoisotopic (exact) mass is 193 g/mol. The number of hydrogen-bond donors (Lipinski definition) is 2. The molecule has 1 aromatic rings. The van der Waals surface area contributed by atoms with Gasteiger partial charge in [-0.15, -0.1) is 0 Å². The fourth-order valence-corrected chi connectivity index (χ4v) is 1.69. The Labute approximate surface area is 83.6 Å². The van der Waals surface area contributed by atoms with Crippen molar-refractivity contribution in [1.29, 1.82) is 0 Å². The van der Waals surface area contributed by atoms with Gasteiger partial charge >= 0.3 is 0 Å². The van der Waals surface area contributed by atoms with E-state index in [9.17, 15) is 5.11 Å². The molecule has 14 heavy (non-hydrogen) atoms. The first-order chi connectivity index (χ1) is 6.79. The molecular weight excluding hydrogens is 178 g/mol. The molecule has 4 heteroatoms. The van der Waals surface area contributed by atoms with Crippen LogP contribution in [0.15, 0.2) is 18.2 Å². The van der Waals surface area contributed by atoms with Crippen molar-refractivity contribution in [1.82, 2.24) is 4.98 Å². The number of β-amino-alcohol motifs (C(OH)–C–C–N with tert-alkyl or cyclic N) is 1. The lowest BCUT2D eigenvalue weighted by Crippen LogP contribution is -2.22. The zero-order chi connectivity index (χ0) is 9.97. The van der Waals surface area contributed by atoms with Crippen molar-refractivity contribution in [2.75, 3.05) is 30.4 Å². The fourth-order valence-electron chi connectivity index (χ4n) is 1.69. The van der Waals surface area contributed by atoms with Crippen LogP contribution in [-0.2, 0) is 0 Å². The summed E-state index contributed by atoms with van der Waals surface area (Å²) < 4.78 is 0. The summed E-state index contributed by atoms with van der Waals surface area (Å²) in [4.78, 5) is 6.51. The van der Waals surface area contributed by atoms with E-state index in [1.807, 2.05) is 25.2 Å². The standard InChI is InChI=1S/C10H15N3O/c1-11-9-3-2-4-10(12-9)13-6-5-8(14)7-13/h2-4,8,14H,5-7H2,1H3,(H,11,12). The van der Waals surface area contributed by atoms with E-state index in [2.05, 4.69) is 15.2 Å². The van der Waals surface area contributed by atoms with Gasteiger partial charge in [-0.25, -0.2) is 4.98 Å². The Morgan fingerprint density at radius 1 is 1.57 bits per heavy atom. The highest BCUT2D eigenvalue weighted by Crippen LogP contribution is 2.19. The van der Waals surface area contributed by atoms with Crippen LogP contribution < -0.4 is 10.2 Å². The van der Waals surface area contributed by atoms with Crippen LogP contribution in [-0.4, -0.2) is 36.3 Å². The molecule has 0 aromatic carbocycles. The predicted octanol–water partition coefficient (Wildman–Crippen LogP) is 0.694. The molecule has 2 N–H and O–H groups in total. The second-order valence-corrected chi connectivity index (χ2v) is 3.52. The minimum Gasteiger partial charge on any atom is -0.391 e. The average molecular weight is 193 g/mol. The molecule has 0 amide bonds. The lowest BCUT2D eigenvalue weighted by atomic mass is 10.3. The SMILES string of the molecule is CNc1cccc(N2CCC(O)C2)n1. The highest BCUT2D eigenvalue weighted by Gasteiger charge is 2.21. The number of pyridine rings is 1. The van der Waals surface area contributed by atoms with E-state index in [0.717, 1.165) is 24.6 Å². The Balaban J connectivity index is 2.15. The minimum atomic E-state index is -0.199. The minimum absolute atomic E-state index is 0.199. The Hall–Kier alpha value is -1.29. The van der Waals surface area contributed by atoms with E-state index < -0.39 is 0 Å². The summed E-state index contributed by atoms with van der Waals surface area (Å²) in [5.41, 5.74) is 0. The molecule has 2 heterocycles. The number of rotatable bonds is 2. The van der Waals surface area contributed by atoms with Gasteiger partial charge in [-0.1, -0.05) is 6.07 Å². The van der Waals surface area contributed by atoms with Gasteiger partial charge in [0, 0.05) is 20.1 Å². The van der Waals surface area contributed by atoms with Gasteiger partial charge in [0.25, 0.3) is 0 Å². The summed E-state index contributed by atoms with van der Waals surface area (Å²) in [7, 11) is 1.85. The van der Waals surface area contributed by atoms with Gasteiger partial charge < -0.3 is 15.3 Å². The molecule has 1 fully saturated rings. The highest BCUT2D eigenvalue weighted by atomic mass is 16.3. The number of nitrogens with one attached hydrogen (secondary N) is 1. The first-order valence-electron chi connectivity index (χ1n) is 4.87. The van der Waals surface area contributed by atoms with Crippen LogP contribution in [0.4, 0.5) is 11.6 Å². The van der Waals surface area contributed by atoms with E-state index in [1.54, 1.807) is 0 Å². The lowest BCUT2D eigenvalue weighted by Gasteiger charge is -2.16. The van der Waals surface area contributed by atoms with Gasteiger partial charge in [-0.3, -0.25) is 0 Å². The predicted molar refractivity (Wildman–Crippen MR) is 56.6 cm³/mol. The van der Waals surface area contributed by atoms with E-state index in [-0.39, 0.29) is 6.10 Å². The summed E-state index contributed by atoms with van der Waals surface area (Å²) in [6.45, 7) is 1.58. The third kappa shape index (κ3) is 1.80. The van der Waals surface area contributed by atoms with Crippen LogP contribution in [0.1, 0.15) is 6.42 Å². The molecule has 1 aliphatic heterocycles. The van der Waals surface area contributed by atoms with Crippen LogP contribution in [0, 0.1) is 0 Å². The normalized spacial score (nSPS) is 21.3. The number of aliphatic hydroxyl groups excluding tert-OH is 1. The molecule has 1 atom stereocenters. The van der Waals surface area contributed by atoms with Crippen LogP contribution in [0.25, 0.3) is 0 Å². The number of hydrogen-bond acceptors (Lipinski definition) is 4. The van der Waals surface area contributed by atoms with Gasteiger partial charge in [0.1, 0.15) is 11.6 Å². The molecule has 76 valence electrons. The number of aromatic nitrogens is 1. The van der Waals surface area contributed by atoms with E-state index in [1.165, 1.54) is 0 Å². The zero-order valence-corrected chi connectivity index (χ0v) is 8.27. The lowest BCUT2D eigenvalue weighted by molar-refractivity contribution is 0.198. The summed E-state index contributed by atoms with van der Waals surface area (Å²) >= 11 is 0. The molecule has 0 bridgehead atoms. The molecule has 1 saturated heterocycles. The van der Waals surface area contributed by atoms with Crippen molar-refractivity contribution in [3.63, 3.8) is 0 Å². The first-order valence-corrected chi connectivity index (χ1v) is 4.87. The molecule has 0 radical (unpaired) electrons. The molecule has 1 aromatic heterocycles. The smallest absolute Gasteiger partial charge is 0.131 e. The molecule has 0 saturated carbocycles. The second-order valence-electron chi connectivity index (χ2n) is 3.52. The van der Waals surface area contributed by atoms with Gasteiger partial charge in [0.15, 0.2) is 0 Å². The molecule has 0 spiro atoms. The van der Waals surface area contributed by atoms with E-state index in [0.29, 0.717) is 6.54 Å². The zero-order valence-electron chi connectivity index (χ0n) is 8.27. The van der Waals surface area contributed by atoms with Gasteiger partial charge in [0.05, 0.1) is 6.10 Å². The van der Waals surface area contributed by atoms with E-state index in [4.69, 9.17) is 0 Å². The molecule has 4 nitrogen and oxygen atoms in total. The number of aliphatic hydroxyl groups is 1. The van der Waals surface area contributed by atoms with Crippen molar-refractivity contribution >= 4 is 11.6 Å². The maximum atomic E-state index is 9.40. The third-order valence-corrected chi connectivity index (χ3v) is 2.48. The average Bonchev–Trinajstić information content (AvgIpc) is 2.65. The first kappa shape index (κ1) is 9.27. The highest BCUT2D eigenvalue weighted by molar-refractivity contribution is 5.47. The van der Waals surface area contributed by atoms with Gasteiger partial charge in [-0.05, 0) is 18.6 Å². The molecular formula is C10H15N3O. The van der Waals surface area contributed by atoms with Crippen molar-refractivity contribution < 1.29 is 5.11 Å². The van der Waals surface area contributed by atoms with Crippen LogP contribution in [0.3, 0.4) is 0 Å². The fraction of sp³-hybridized carbons (Fsp3) is 0.500. The summed E-state index contributed by atoms with van der Waals surface area (Å²) in [6, 6.07) is 5.87. The molecule has 1 aliphatic rings. The van der Waals surface area contributed by atoms with Crippen molar-refractivity contribution in [3.05, 3.63) is 18.2 Å². The topological polar surface area (TPSA) is 48.4 Å². The number of anilines is 2. The Kier molecular flexibility index (Phi) is 2.54. The van der Waals surface area contributed by atoms with Crippen LogP contribution >= 0.6 is 0 Å². The van der Waals surface area contributed by atoms with Crippen molar-refractivity contribution in [3.8, 4) is 0 Å². The maximum Gasteiger partial charge on any atom is 0.131 e. The van der Waals surface area contributed by atoms with E-state index >= 15 is 0 Å². The van der Waals surface area contributed by atoms with Crippen molar-refractivity contribution in [2.45, 2.75) is 12.5 Å². The Morgan fingerprint density at radius 2 is 2.43 bits per heavy atom. The summed E-state index contributed by atoms with van der Waals surface area (Å²) in [6.07, 6.45) is 0.640. The maximum absolute atomic E-state index is 9.40. The van der Waals surface area contributed by atoms with Crippen LogP contribution in [0.2, 0.25) is 0 Å². The van der Waals surface area contributed by atoms with Gasteiger partial charge in [-0.2, -0.15) is 0 Å². The molecule has 1 unspecified atom stereocenters. The summed E-state index contributed by atoms with van der Waals surface area (Å²) in [5, 5.41) is 12.4. The molecule has 2 rings (SSSR count). The molecule has 0 aliphatic carbocycles.